The van der Waals surface area contributed by atoms with Crippen LogP contribution in [0.3, 0.4) is 0 Å². The van der Waals surface area contributed by atoms with Gasteiger partial charge in [0.15, 0.2) is 0 Å². The molecule has 3 aromatic carbocycles. The second-order valence-corrected chi connectivity index (χ2v) is 9.03. The summed E-state index contributed by atoms with van der Waals surface area (Å²) in [5, 5.41) is 3.10. The highest BCUT2D eigenvalue weighted by molar-refractivity contribution is 5.92. The number of methoxy groups -OCH3 is 1. The third-order valence-corrected chi connectivity index (χ3v) is 5.99. The zero-order chi connectivity index (χ0) is 25.4. The number of benzene rings is 3. The first-order valence-electron chi connectivity index (χ1n) is 12.1. The number of hydrogen-bond acceptors (Lipinski definition) is 4. The molecule has 0 aliphatic heterocycles. The summed E-state index contributed by atoms with van der Waals surface area (Å²) in [6.45, 7) is 8.22. The Bertz CT molecular complexity index is 1050. The van der Waals surface area contributed by atoms with Crippen LogP contribution < -0.4 is 20.7 Å². The Morgan fingerprint density at radius 3 is 2.00 bits per heavy atom. The fourth-order valence-electron chi connectivity index (χ4n) is 3.76. The minimum atomic E-state index is -0.342. The minimum Gasteiger partial charge on any atom is -0.491 e. The predicted molar refractivity (Wildman–Crippen MR) is 143 cm³/mol. The summed E-state index contributed by atoms with van der Waals surface area (Å²) in [5.74, 6) is 0.844. The van der Waals surface area contributed by atoms with Gasteiger partial charge in [-0.3, -0.25) is 4.90 Å². The lowest BCUT2D eigenvalue weighted by Gasteiger charge is -2.30. The number of anilines is 1. The molecule has 3 atom stereocenters. The predicted octanol–water partition coefficient (Wildman–Crippen LogP) is 5.78. The number of ether oxygens (including phenoxy) is 2. The van der Waals surface area contributed by atoms with Gasteiger partial charge in [0.1, 0.15) is 5.75 Å². The van der Waals surface area contributed by atoms with Crippen molar-refractivity contribution in [1.29, 1.82) is 0 Å². The Labute approximate surface area is 209 Å². The third kappa shape index (κ3) is 7.31. The Balaban J connectivity index is 1.80. The molecule has 0 fully saturated rings. The van der Waals surface area contributed by atoms with Crippen LogP contribution in [0.2, 0.25) is 0 Å². The third-order valence-electron chi connectivity index (χ3n) is 5.99. The van der Waals surface area contributed by atoms with Gasteiger partial charge in [-0.25, -0.2) is 4.79 Å². The second-order valence-electron chi connectivity index (χ2n) is 9.03. The Morgan fingerprint density at radius 2 is 1.46 bits per heavy atom. The van der Waals surface area contributed by atoms with Crippen molar-refractivity contribution in [2.45, 2.75) is 52.0 Å². The van der Waals surface area contributed by atoms with E-state index in [9.17, 15) is 4.79 Å². The van der Waals surface area contributed by atoms with Gasteiger partial charge < -0.3 is 20.5 Å². The molecule has 0 aliphatic carbocycles. The zero-order valence-corrected chi connectivity index (χ0v) is 21.3. The van der Waals surface area contributed by atoms with E-state index in [1.165, 1.54) is 0 Å². The molecule has 3 rings (SSSR count). The van der Waals surface area contributed by atoms with Crippen molar-refractivity contribution in [3.8, 4) is 16.9 Å². The number of carbonyl (C=O) groups is 1. The molecule has 6 nitrogen and oxygen atoms in total. The van der Waals surface area contributed by atoms with E-state index in [0.717, 1.165) is 28.1 Å². The topological polar surface area (TPSA) is 76.8 Å². The number of nitrogens with one attached hydrogen (secondary N) is 1. The van der Waals surface area contributed by atoms with Crippen LogP contribution in [0.25, 0.3) is 11.1 Å². The molecular formula is C29H37N3O3. The van der Waals surface area contributed by atoms with Crippen LogP contribution >= 0.6 is 0 Å². The van der Waals surface area contributed by atoms with Crippen molar-refractivity contribution in [3.05, 3.63) is 84.4 Å². The van der Waals surface area contributed by atoms with Crippen molar-refractivity contribution >= 4 is 11.7 Å². The van der Waals surface area contributed by atoms with E-state index in [1.807, 2.05) is 107 Å². The highest BCUT2D eigenvalue weighted by atomic mass is 16.5. The van der Waals surface area contributed by atoms with Gasteiger partial charge in [0, 0.05) is 25.4 Å². The first-order chi connectivity index (χ1) is 16.8. The maximum atomic E-state index is 13.4. The van der Waals surface area contributed by atoms with Crippen LogP contribution in [0.1, 0.15) is 39.3 Å². The Hall–Kier alpha value is -3.35. The first-order valence-corrected chi connectivity index (χ1v) is 12.1. The summed E-state index contributed by atoms with van der Waals surface area (Å²) < 4.78 is 11.1. The number of rotatable bonds is 10. The summed E-state index contributed by atoms with van der Waals surface area (Å²) >= 11 is 0. The van der Waals surface area contributed by atoms with Crippen LogP contribution in [0, 0.1) is 0 Å². The first kappa shape index (κ1) is 26.3. The quantitative estimate of drug-likeness (QED) is 0.390. The van der Waals surface area contributed by atoms with Gasteiger partial charge in [-0.15, -0.1) is 0 Å². The average Bonchev–Trinajstić information content (AvgIpc) is 2.87. The number of nitrogens with zero attached hydrogens (tertiary/aromatic N) is 1. The number of amides is 2. The minimum absolute atomic E-state index is 0.133. The maximum absolute atomic E-state index is 13.4. The monoisotopic (exact) mass is 475 g/mol. The molecule has 0 bridgehead atoms. The van der Waals surface area contributed by atoms with E-state index >= 15 is 0 Å². The molecule has 186 valence electrons. The fraction of sp³-hybridized carbons (Fsp3) is 0.345. The van der Waals surface area contributed by atoms with E-state index < -0.39 is 0 Å². The highest BCUT2D eigenvalue weighted by Crippen LogP contribution is 2.26. The smallest absolute Gasteiger partial charge is 0.322 e. The molecule has 0 heterocycles. The molecular weight excluding hydrogens is 438 g/mol. The molecule has 6 heteroatoms. The number of urea groups is 1. The molecule has 0 unspecified atom stereocenters. The maximum Gasteiger partial charge on any atom is 0.322 e. The van der Waals surface area contributed by atoms with Crippen LogP contribution in [0.4, 0.5) is 10.5 Å². The van der Waals surface area contributed by atoms with Crippen molar-refractivity contribution in [1.82, 2.24) is 5.32 Å². The molecule has 35 heavy (non-hydrogen) atoms. The number of hydrogen-bond donors (Lipinski definition) is 2. The summed E-state index contributed by atoms with van der Waals surface area (Å²) in [4.78, 5) is 15.0. The standard InChI is InChI=1S/C29H37N3O3/c1-20(2)35-27-17-13-25(14-18-27)24-11-15-26(16-12-24)32(19-28(30)22(4)34-5)29(33)31-21(3)23-9-7-6-8-10-23/h6-18,20-22,28H,19,30H2,1-5H3,(H,31,33)/t21-,22+,28+/m0/s1. The fourth-order valence-corrected chi connectivity index (χ4v) is 3.76. The summed E-state index contributed by atoms with van der Waals surface area (Å²) in [6, 6.07) is 25.1. The van der Waals surface area contributed by atoms with Crippen LogP contribution in [-0.4, -0.2) is 37.9 Å². The largest absolute Gasteiger partial charge is 0.491 e. The zero-order valence-electron chi connectivity index (χ0n) is 21.3. The molecule has 0 radical (unpaired) electrons. The van der Waals surface area contributed by atoms with Crippen LogP contribution in [0.15, 0.2) is 78.9 Å². The summed E-state index contributed by atoms with van der Waals surface area (Å²) in [6.07, 6.45) is -0.0586. The van der Waals surface area contributed by atoms with E-state index in [2.05, 4.69) is 5.32 Å². The van der Waals surface area contributed by atoms with Crippen molar-refractivity contribution < 1.29 is 14.3 Å². The second kappa shape index (κ2) is 12.4. The molecule has 0 aromatic heterocycles. The van der Waals surface area contributed by atoms with Gasteiger partial charge in [0.2, 0.25) is 0 Å². The van der Waals surface area contributed by atoms with Gasteiger partial charge in [-0.2, -0.15) is 0 Å². The van der Waals surface area contributed by atoms with E-state index in [4.69, 9.17) is 15.2 Å². The summed E-state index contributed by atoms with van der Waals surface area (Å²) in [7, 11) is 1.62. The molecule has 3 N–H and O–H groups in total. The number of nitrogens with two attached hydrogens (primary N) is 1. The van der Waals surface area contributed by atoms with Crippen LogP contribution in [0.5, 0.6) is 5.75 Å². The molecule has 0 spiro atoms. The molecule has 3 aromatic rings. The lowest BCUT2D eigenvalue weighted by molar-refractivity contribution is 0.0975. The van der Waals surface area contributed by atoms with Crippen molar-refractivity contribution in [3.63, 3.8) is 0 Å². The SMILES string of the molecule is CO[C@H](C)[C@H](N)CN(C(=O)N[C@@H](C)c1ccccc1)c1ccc(-c2ccc(OC(C)C)cc2)cc1. The molecule has 0 saturated heterocycles. The molecule has 0 saturated carbocycles. The molecule has 2 amide bonds. The Morgan fingerprint density at radius 1 is 0.886 bits per heavy atom. The van der Waals surface area contributed by atoms with Gasteiger partial charge in [-0.05, 0) is 68.7 Å². The van der Waals surface area contributed by atoms with Gasteiger partial charge in [-0.1, -0.05) is 54.6 Å². The van der Waals surface area contributed by atoms with E-state index in [0.29, 0.717) is 6.54 Å². The van der Waals surface area contributed by atoms with E-state index in [-0.39, 0.29) is 30.3 Å². The van der Waals surface area contributed by atoms with Gasteiger partial charge in [0.25, 0.3) is 0 Å². The number of carbonyl (C=O) groups excluding carboxylic acids is 1. The lowest BCUT2D eigenvalue weighted by atomic mass is 10.0. The van der Waals surface area contributed by atoms with Crippen LogP contribution in [-0.2, 0) is 4.74 Å². The average molecular weight is 476 g/mol. The highest BCUT2D eigenvalue weighted by Gasteiger charge is 2.23. The van der Waals surface area contributed by atoms with E-state index in [1.54, 1.807) is 12.0 Å². The lowest BCUT2D eigenvalue weighted by Crippen LogP contribution is -2.50. The van der Waals surface area contributed by atoms with Gasteiger partial charge >= 0.3 is 6.03 Å². The van der Waals surface area contributed by atoms with Gasteiger partial charge in [0.05, 0.1) is 18.2 Å². The van der Waals surface area contributed by atoms with Crippen molar-refractivity contribution in [2.24, 2.45) is 5.73 Å². The Kier molecular flexibility index (Phi) is 9.29. The molecule has 0 aliphatic rings. The normalized spacial score (nSPS) is 13.7. The summed E-state index contributed by atoms with van der Waals surface area (Å²) in [5.41, 5.74) is 10.3. The van der Waals surface area contributed by atoms with Crippen molar-refractivity contribution in [2.75, 3.05) is 18.6 Å².